The molecule has 1 unspecified atom stereocenters. The van der Waals surface area contributed by atoms with Gasteiger partial charge in [0, 0.05) is 19.2 Å². The van der Waals surface area contributed by atoms with E-state index in [9.17, 15) is 4.79 Å². The van der Waals surface area contributed by atoms with Crippen LogP contribution in [0.25, 0.3) is 0 Å². The predicted octanol–water partition coefficient (Wildman–Crippen LogP) is 1.88. The van der Waals surface area contributed by atoms with Gasteiger partial charge in [-0.25, -0.2) is 0 Å². The molecular weight excluding hydrogens is 240 g/mol. The minimum Gasteiger partial charge on any atom is -0.364 e. The minimum absolute atomic E-state index is 0.0854. The Balaban J connectivity index is 2.59. The number of likely N-dealkylation sites (N-methyl/N-ethyl adjacent to an activating group) is 1. The second-order valence-corrected chi connectivity index (χ2v) is 4.45. The first kappa shape index (κ1) is 15.7. The fourth-order valence-corrected chi connectivity index (χ4v) is 1.88. The number of carbonyl (C=O) groups excluding carboxylic acids is 1. The van der Waals surface area contributed by atoms with Gasteiger partial charge in [-0.05, 0) is 26.0 Å². The highest BCUT2D eigenvalue weighted by molar-refractivity contribution is 5.82. The van der Waals surface area contributed by atoms with Gasteiger partial charge < -0.3 is 15.4 Å². The van der Waals surface area contributed by atoms with Crippen molar-refractivity contribution in [3.8, 4) is 0 Å². The fourth-order valence-electron chi connectivity index (χ4n) is 1.88. The van der Waals surface area contributed by atoms with E-state index in [-0.39, 0.29) is 11.9 Å². The molecule has 2 atom stereocenters. The average molecular weight is 264 g/mol. The van der Waals surface area contributed by atoms with Crippen LogP contribution < -0.4 is 10.6 Å². The highest BCUT2D eigenvalue weighted by atomic mass is 16.5. The van der Waals surface area contributed by atoms with Crippen LogP contribution in [-0.4, -0.2) is 31.6 Å². The number of carbonyl (C=O) groups is 1. The molecule has 0 aliphatic rings. The Hall–Kier alpha value is -1.39. The summed E-state index contributed by atoms with van der Waals surface area (Å²) in [5.41, 5.74) is 0.887. The molecule has 0 aliphatic heterocycles. The van der Waals surface area contributed by atoms with E-state index in [1.165, 1.54) is 0 Å². The van der Waals surface area contributed by atoms with E-state index in [4.69, 9.17) is 4.74 Å². The zero-order valence-electron chi connectivity index (χ0n) is 12.0. The molecule has 0 aromatic heterocycles. The maximum atomic E-state index is 12.2. The Kier molecular flexibility index (Phi) is 7.15. The van der Waals surface area contributed by atoms with Crippen molar-refractivity contribution >= 4 is 5.91 Å². The summed E-state index contributed by atoms with van der Waals surface area (Å²) in [4.78, 5) is 12.2. The highest BCUT2D eigenvalue weighted by Gasteiger charge is 2.20. The molecule has 1 aromatic carbocycles. The van der Waals surface area contributed by atoms with Crippen LogP contribution in [-0.2, 0) is 9.53 Å². The van der Waals surface area contributed by atoms with Gasteiger partial charge >= 0.3 is 0 Å². The molecule has 0 aliphatic carbocycles. The van der Waals surface area contributed by atoms with E-state index in [2.05, 4.69) is 10.6 Å². The molecular formula is C15H24N2O2. The van der Waals surface area contributed by atoms with Crippen molar-refractivity contribution in [2.24, 2.45) is 0 Å². The number of nitrogens with one attached hydrogen (secondary N) is 2. The van der Waals surface area contributed by atoms with Crippen molar-refractivity contribution in [3.05, 3.63) is 35.9 Å². The van der Waals surface area contributed by atoms with Gasteiger partial charge in [0.1, 0.15) is 0 Å². The molecule has 0 radical (unpaired) electrons. The van der Waals surface area contributed by atoms with Crippen LogP contribution >= 0.6 is 0 Å². The Morgan fingerprint density at radius 1 is 1.26 bits per heavy atom. The monoisotopic (exact) mass is 264 g/mol. The van der Waals surface area contributed by atoms with Crippen molar-refractivity contribution < 1.29 is 9.53 Å². The normalized spacial score (nSPS) is 13.8. The summed E-state index contributed by atoms with van der Waals surface area (Å²) in [6.07, 6.45) is -0.528. The fraction of sp³-hybridized carbons (Fsp3) is 0.533. The lowest BCUT2D eigenvalue weighted by atomic mass is 10.1. The molecule has 19 heavy (non-hydrogen) atoms. The highest BCUT2D eigenvalue weighted by Crippen LogP contribution is 2.17. The molecule has 4 nitrogen and oxygen atoms in total. The number of hydrogen-bond donors (Lipinski definition) is 2. The van der Waals surface area contributed by atoms with Crippen molar-refractivity contribution in [2.45, 2.75) is 32.9 Å². The summed E-state index contributed by atoms with van der Waals surface area (Å²) in [7, 11) is 0. The smallest absolute Gasteiger partial charge is 0.253 e. The molecule has 0 bridgehead atoms. The van der Waals surface area contributed by atoms with E-state index in [1.807, 2.05) is 51.1 Å². The van der Waals surface area contributed by atoms with Crippen LogP contribution in [0.4, 0.5) is 0 Å². The quantitative estimate of drug-likeness (QED) is 0.754. The van der Waals surface area contributed by atoms with Crippen molar-refractivity contribution in [1.82, 2.24) is 10.6 Å². The molecule has 1 aromatic rings. The first-order valence-electron chi connectivity index (χ1n) is 6.86. The number of amides is 1. The molecule has 2 N–H and O–H groups in total. The molecule has 0 heterocycles. The van der Waals surface area contributed by atoms with E-state index in [0.717, 1.165) is 12.1 Å². The molecule has 4 heteroatoms. The van der Waals surface area contributed by atoms with Crippen LogP contribution in [0.3, 0.4) is 0 Å². The SMILES string of the molecule is CCN[C@H](C)CNC(=O)C(OCC)c1ccccc1. The zero-order chi connectivity index (χ0) is 14.1. The van der Waals surface area contributed by atoms with Gasteiger partial charge in [-0.3, -0.25) is 4.79 Å². The van der Waals surface area contributed by atoms with Gasteiger partial charge in [-0.15, -0.1) is 0 Å². The number of benzene rings is 1. The lowest BCUT2D eigenvalue weighted by Crippen LogP contribution is -2.41. The summed E-state index contributed by atoms with van der Waals surface area (Å²) in [6, 6.07) is 9.83. The largest absolute Gasteiger partial charge is 0.364 e. The molecule has 1 amide bonds. The van der Waals surface area contributed by atoms with Gasteiger partial charge in [-0.2, -0.15) is 0 Å². The second kappa shape index (κ2) is 8.67. The van der Waals surface area contributed by atoms with Gasteiger partial charge in [0.25, 0.3) is 5.91 Å². The van der Waals surface area contributed by atoms with Crippen LogP contribution in [0, 0.1) is 0 Å². The maximum Gasteiger partial charge on any atom is 0.253 e. The first-order chi connectivity index (χ1) is 9.19. The first-order valence-corrected chi connectivity index (χ1v) is 6.86. The zero-order valence-corrected chi connectivity index (χ0v) is 12.0. The third-order valence-corrected chi connectivity index (χ3v) is 2.81. The summed E-state index contributed by atoms with van der Waals surface area (Å²) in [5, 5.41) is 6.18. The molecule has 0 saturated heterocycles. The molecule has 0 fully saturated rings. The predicted molar refractivity (Wildman–Crippen MR) is 77.0 cm³/mol. The Morgan fingerprint density at radius 3 is 2.53 bits per heavy atom. The second-order valence-electron chi connectivity index (χ2n) is 4.45. The van der Waals surface area contributed by atoms with Crippen LogP contribution in [0.1, 0.15) is 32.4 Å². The maximum absolute atomic E-state index is 12.2. The van der Waals surface area contributed by atoms with Crippen molar-refractivity contribution in [3.63, 3.8) is 0 Å². The Labute approximate surface area is 115 Å². The lowest BCUT2D eigenvalue weighted by molar-refractivity contribution is -0.133. The number of rotatable bonds is 8. The van der Waals surface area contributed by atoms with Gasteiger partial charge in [0.15, 0.2) is 6.10 Å². The topological polar surface area (TPSA) is 50.4 Å². The summed E-state index contributed by atoms with van der Waals surface area (Å²) in [6.45, 7) is 7.99. The van der Waals surface area contributed by atoms with Crippen LogP contribution in [0.15, 0.2) is 30.3 Å². The van der Waals surface area contributed by atoms with E-state index >= 15 is 0 Å². The van der Waals surface area contributed by atoms with Crippen LogP contribution in [0.2, 0.25) is 0 Å². The molecule has 0 saturated carbocycles. The van der Waals surface area contributed by atoms with Gasteiger partial charge in [-0.1, -0.05) is 37.3 Å². The average Bonchev–Trinajstić information content (AvgIpc) is 2.43. The lowest BCUT2D eigenvalue weighted by Gasteiger charge is -2.19. The van der Waals surface area contributed by atoms with Crippen molar-refractivity contribution in [2.75, 3.05) is 19.7 Å². The summed E-state index contributed by atoms with van der Waals surface area (Å²) in [5.74, 6) is -0.0854. The third-order valence-electron chi connectivity index (χ3n) is 2.81. The van der Waals surface area contributed by atoms with E-state index in [1.54, 1.807) is 0 Å². The standard InChI is InChI=1S/C15H24N2O2/c1-4-16-12(3)11-17-15(18)14(19-5-2)13-9-7-6-8-10-13/h6-10,12,14,16H,4-5,11H2,1-3H3,(H,17,18)/t12-,14?/m1/s1. The minimum atomic E-state index is -0.528. The Morgan fingerprint density at radius 2 is 1.95 bits per heavy atom. The van der Waals surface area contributed by atoms with Gasteiger partial charge in [0.2, 0.25) is 0 Å². The Bertz CT molecular complexity index is 368. The van der Waals surface area contributed by atoms with E-state index in [0.29, 0.717) is 13.2 Å². The molecule has 0 spiro atoms. The molecule has 1 rings (SSSR count). The summed E-state index contributed by atoms with van der Waals surface area (Å²) >= 11 is 0. The number of hydrogen-bond acceptors (Lipinski definition) is 3. The van der Waals surface area contributed by atoms with E-state index < -0.39 is 6.10 Å². The van der Waals surface area contributed by atoms with Crippen molar-refractivity contribution in [1.29, 1.82) is 0 Å². The van der Waals surface area contributed by atoms with Gasteiger partial charge in [0.05, 0.1) is 0 Å². The summed E-state index contributed by atoms with van der Waals surface area (Å²) < 4.78 is 5.55. The van der Waals surface area contributed by atoms with Crippen LogP contribution in [0.5, 0.6) is 0 Å². The third kappa shape index (κ3) is 5.41. The molecule has 106 valence electrons. The number of ether oxygens (including phenoxy) is 1.